The molecule has 0 amide bonds. The van der Waals surface area contributed by atoms with Gasteiger partial charge in [0.25, 0.3) is 0 Å². The van der Waals surface area contributed by atoms with Crippen molar-refractivity contribution in [1.82, 2.24) is 10.2 Å². The maximum absolute atomic E-state index is 6.15. The highest BCUT2D eigenvalue weighted by molar-refractivity contribution is 5.36. The van der Waals surface area contributed by atoms with Crippen molar-refractivity contribution in [3.63, 3.8) is 0 Å². The Bertz CT molecular complexity index is 456. The van der Waals surface area contributed by atoms with Crippen LogP contribution in [0.4, 0.5) is 0 Å². The molecular weight excluding hydrogens is 294 g/mol. The van der Waals surface area contributed by atoms with E-state index >= 15 is 0 Å². The van der Waals surface area contributed by atoms with E-state index in [1.807, 2.05) is 0 Å². The van der Waals surface area contributed by atoms with E-state index in [-0.39, 0.29) is 5.54 Å². The first-order valence-electron chi connectivity index (χ1n) is 10.2. The smallest absolute Gasteiger partial charge is 0.0265 e. The molecule has 3 aliphatic rings. The number of nitrogens with two attached hydrogens (primary N) is 1. The molecule has 1 heterocycles. The summed E-state index contributed by atoms with van der Waals surface area (Å²) in [6, 6.07) is 0.709. The lowest BCUT2D eigenvalue weighted by Gasteiger charge is -2.39. The van der Waals surface area contributed by atoms with Gasteiger partial charge in [-0.05, 0) is 90.0 Å². The van der Waals surface area contributed by atoms with Crippen LogP contribution >= 0.6 is 0 Å². The molecule has 3 N–H and O–H groups in total. The summed E-state index contributed by atoms with van der Waals surface area (Å²) in [7, 11) is 2.09. The maximum atomic E-state index is 6.15. The van der Waals surface area contributed by atoms with Crippen LogP contribution in [0.2, 0.25) is 0 Å². The average molecular weight is 334 g/mol. The summed E-state index contributed by atoms with van der Waals surface area (Å²) in [5, 5.41) is 3.40. The minimum atomic E-state index is 0.0103. The molecule has 2 fully saturated rings. The Morgan fingerprint density at radius 3 is 2.54 bits per heavy atom. The molecule has 2 aliphatic carbocycles. The lowest BCUT2D eigenvalue weighted by atomic mass is 9.78. The van der Waals surface area contributed by atoms with Crippen LogP contribution in [0, 0.1) is 17.3 Å². The van der Waals surface area contributed by atoms with E-state index in [4.69, 9.17) is 5.73 Å². The highest BCUT2D eigenvalue weighted by Gasteiger charge is 2.52. The predicted molar refractivity (Wildman–Crippen MR) is 103 cm³/mol. The summed E-state index contributed by atoms with van der Waals surface area (Å²) in [4.78, 5) is 2.67. The zero-order valence-corrected chi connectivity index (χ0v) is 16.4. The monoisotopic (exact) mass is 333 g/mol. The van der Waals surface area contributed by atoms with Crippen molar-refractivity contribution in [1.29, 1.82) is 0 Å². The molecule has 1 aliphatic heterocycles. The topological polar surface area (TPSA) is 41.3 Å². The van der Waals surface area contributed by atoms with Crippen molar-refractivity contribution >= 4 is 0 Å². The zero-order chi connectivity index (χ0) is 17.4. The van der Waals surface area contributed by atoms with Gasteiger partial charge in [0, 0.05) is 30.1 Å². The molecule has 0 saturated heterocycles. The fourth-order valence-electron chi connectivity index (χ4n) is 5.11. The van der Waals surface area contributed by atoms with Gasteiger partial charge in [-0.2, -0.15) is 0 Å². The summed E-state index contributed by atoms with van der Waals surface area (Å²) in [6.07, 6.45) is 13.4. The largest absolute Gasteiger partial charge is 0.374 e. The highest BCUT2D eigenvalue weighted by Crippen LogP contribution is 2.58. The van der Waals surface area contributed by atoms with Crippen LogP contribution in [0.15, 0.2) is 11.8 Å². The van der Waals surface area contributed by atoms with Crippen LogP contribution < -0.4 is 11.1 Å². The van der Waals surface area contributed by atoms with E-state index in [0.29, 0.717) is 11.5 Å². The predicted octanol–water partition coefficient (Wildman–Crippen LogP) is 3.90. The summed E-state index contributed by atoms with van der Waals surface area (Å²) in [5.41, 5.74) is 8.39. The molecule has 24 heavy (non-hydrogen) atoms. The third-order valence-corrected chi connectivity index (χ3v) is 6.81. The first kappa shape index (κ1) is 18.3. The molecule has 3 heteroatoms. The van der Waals surface area contributed by atoms with Crippen molar-refractivity contribution in [3.8, 4) is 0 Å². The van der Waals surface area contributed by atoms with Crippen molar-refractivity contribution < 1.29 is 0 Å². The van der Waals surface area contributed by atoms with E-state index < -0.39 is 0 Å². The van der Waals surface area contributed by atoms with Crippen LogP contribution in [-0.4, -0.2) is 36.6 Å². The van der Waals surface area contributed by atoms with Gasteiger partial charge in [-0.15, -0.1) is 0 Å². The second kappa shape index (κ2) is 6.99. The molecule has 2 unspecified atom stereocenters. The van der Waals surface area contributed by atoms with Crippen molar-refractivity contribution in [2.75, 3.05) is 20.1 Å². The van der Waals surface area contributed by atoms with Gasteiger partial charge in [-0.1, -0.05) is 12.8 Å². The van der Waals surface area contributed by atoms with Crippen LogP contribution in [0.1, 0.15) is 72.1 Å². The lowest BCUT2D eigenvalue weighted by molar-refractivity contribution is 0.160. The fourth-order valence-corrected chi connectivity index (χ4v) is 5.11. The number of hydrogen-bond acceptors (Lipinski definition) is 3. The molecule has 0 aromatic heterocycles. The van der Waals surface area contributed by atoms with Gasteiger partial charge in [0.05, 0.1) is 0 Å². The summed E-state index contributed by atoms with van der Waals surface area (Å²) in [5.74, 6) is 1.83. The lowest BCUT2D eigenvalue weighted by Crippen LogP contribution is -2.39. The highest BCUT2D eigenvalue weighted by atomic mass is 15.2. The maximum Gasteiger partial charge on any atom is 0.0265 e. The SMILES string of the molecule is CNCC12CC1=CN(CC1CCC(CCC(C)(C)N)CC1)C(C)C2. The van der Waals surface area contributed by atoms with Gasteiger partial charge in [-0.25, -0.2) is 0 Å². The van der Waals surface area contributed by atoms with Crippen LogP contribution in [0.5, 0.6) is 0 Å². The third kappa shape index (κ3) is 4.35. The molecule has 0 aromatic carbocycles. The standard InChI is InChI=1S/C21H39N3/c1-16-11-21(15-23-4)12-19(21)14-24(16)13-18-7-5-17(6-8-18)9-10-20(2,3)22/h14,16-18,23H,5-13,15,22H2,1-4H3. The first-order valence-corrected chi connectivity index (χ1v) is 10.2. The third-order valence-electron chi connectivity index (χ3n) is 6.81. The number of nitrogens with one attached hydrogen (secondary N) is 1. The molecule has 0 aromatic rings. The van der Waals surface area contributed by atoms with Crippen molar-refractivity contribution in [3.05, 3.63) is 11.8 Å². The Morgan fingerprint density at radius 2 is 1.92 bits per heavy atom. The molecule has 3 rings (SSSR count). The molecule has 2 saturated carbocycles. The van der Waals surface area contributed by atoms with E-state index in [1.165, 1.54) is 64.5 Å². The van der Waals surface area contributed by atoms with Gasteiger partial charge >= 0.3 is 0 Å². The normalized spacial score (nSPS) is 36.3. The minimum Gasteiger partial charge on any atom is -0.374 e. The van der Waals surface area contributed by atoms with Crippen LogP contribution in [-0.2, 0) is 0 Å². The fraction of sp³-hybridized carbons (Fsp3) is 0.905. The Balaban J connectivity index is 1.44. The average Bonchev–Trinajstić information content (AvgIpc) is 3.18. The Kier molecular flexibility index (Phi) is 5.32. The number of fused-ring (bicyclic) bond motifs is 1. The van der Waals surface area contributed by atoms with E-state index in [9.17, 15) is 0 Å². The van der Waals surface area contributed by atoms with Gasteiger partial charge in [-0.3, -0.25) is 0 Å². The molecule has 0 spiro atoms. The minimum absolute atomic E-state index is 0.0103. The molecular formula is C21H39N3. The van der Waals surface area contributed by atoms with Gasteiger partial charge < -0.3 is 16.0 Å². The van der Waals surface area contributed by atoms with Gasteiger partial charge in [0.2, 0.25) is 0 Å². The Hall–Kier alpha value is -0.540. The molecule has 0 radical (unpaired) electrons. The second-order valence-electron chi connectivity index (χ2n) is 9.81. The quantitative estimate of drug-likeness (QED) is 0.742. The van der Waals surface area contributed by atoms with E-state index in [2.05, 4.69) is 44.2 Å². The second-order valence-corrected chi connectivity index (χ2v) is 9.81. The summed E-state index contributed by atoms with van der Waals surface area (Å²) < 4.78 is 0. The van der Waals surface area contributed by atoms with Gasteiger partial charge in [0.1, 0.15) is 0 Å². The Morgan fingerprint density at radius 1 is 1.25 bits per heavy atom. The van der Waals surface area contributed by atoms with E-state index in [1.54, 1.807) is 5.57 Å². The first-order chi connectivity index (χ1) is 11.3. The Labute approximate surface area is 149 Å². The van der Waals surface area contributed by atoms with Crippen LogP contribution in [0.25, 0.3) is 0 Å². The van der Waals surface area contributed by atoms with Gasteiger partial charge in [0.15, 0.2) is 0 Å². The molecule has 2 atom stereocenters. The summed E-state index contributed by atoms with van der Waals surface area (Å²) >= 11 is 0. The molecule has 0 bridgehead atoms. The van der Waals surface area contributed by atoms with Crippen LogP contribution in [0.3, 0.4) is 0 Å². The molecule has 138 valence electrons. The van der Waals surface area contributed by atoms with E-state index in [0.717, 1.165) is 11.8 Å². The zero-order valence-electron chi connectivity index (χ0n) is 16.4. The van der Waals surface area contributed by atoms with Crippen molar-refractivity contribution in [2.45, 2.75) is 83.7 Å². The number of rotatable bonds is 7. The van der Waals surface area contributed by atoms with Crippen molar-refractivity contribution in [2.24, 2.45) is 23.0 Å². The molecule has 3 nitrogen and oxygen atoms in total. The summed E-state index contributed by atoms with van der Waals surface area (Å²) in [6.45, 7) is 9.21. The number of hydrogen-bond donors (Lipinski definition) is 2. The number of nitrogens with zero attached hydrogens (tertiary/aromatic N) is 1.